The van der Waals surface area contributed by atoms with Crippen molar-refractivity contribution in [1.82, 2.24) is 9.80 Å². The van der Waals surface area contributed by atoms with Crippen molar-refractivity contribution in [2.75, 3.05) is 57.8 Å². The highest BCUT2D eigenvalue weighted by molar-refractivity contribution is 5.79. The highest BCUT2D eigenvalue weighted by Crippen LogP contribution is 2.41. The minimum absolute atomic E-state index is 0.259. The standard InChI is InChI=1S/C21H32N4O2/c1-15-13-16(14-19(22)26)21-18(5-12-27-21)20(15)25-6-3-17(4-7-25)24-10-8-23(2)9-11-24/h13,17H,3-12,14H2,1-2H3,(H2,22,26). The highest BCUT2D eigenvalue weighted by Gasteiger charge is 2.30. The van der Waals surface area contributed by atoms with Gasteiger partial charge in [0, 0.05) is 68.5 Å². The summed E-state index contributed by atoms with van der Waals surface area (Å²) in [7, 11) is 2.22. The Kier molecular flexibility index (Phi) is 5.28. The van der Waals surface area contributed by atoms with E-state index in [9.17, 15) is 4.79 Å². The average Bonchev–Trinajstić information content (AvgIpc) is 3.12. The molecule has 2 N–H and O–H groups in total. The van der Waals surface area contributed by atoms with Crippen LogP contribution < -0.4 is 15.4 Å². The first-order valence-electron chi connectivity index (χ1n) is 10.3. The summed E-state index contributed by atoms with van der Waals surface area (Å²) in [6.45, 7) is 9.83. The van der Waals surface area contributed by atoms with Gasteiger partial charge in [-0.15, -0.1) is 0 Å². The van der Waals surface area contributed by atoms with Crippen LogP contribution in [-0.4, -0.2) is 74.7 Å². The summed E-state index contributed by atoms with van der Waals surface area (Å²) in [6, 6.07) is 2.82. The molecule has 3 aliphatic heterocycles. The maximum absolute atomic E-state index is 11.4. The molecule has 0 radical (unpaired) electrons. The predicted octanol–water partition coefficient (Wildman–Crippen LogP) is 1.17. The van der Waals surface area contributed by atoms with E-state index in [0.29, 0.717) is 12.6 Å². The van der Waals surface area contributed by atoms with Gasteiger partial charge in [0.05, 0.1) is 13.0 Å². The fourth-order valence-corrected chi connectivity index (χ4v) is 5.00. The predicted molar refractivity (Wildman–Crippen MR) is 108 cm³/mol. The Morgan fingerprint density at radius 2 is 1.89 bits per heavy atom. The molecule has 6 heteroatoms. The Balaban J connectivity index is 1.48. The molecule has 2 saturated heterocycles. The van der Waals surface area contributed by atoms with E-state index in [1.54, 1.807) is 0 Å². The maximum atomic E-state index is 11.4. The molecule has 0 bridgehead atoms. The van der Waals surface area contributed by atoms with Crippen molar-refractivity contribution in [3.05, 3.63) is 22.8 Å². The summed E-state index contributed by atoms with van der Waals surface area (Å²) in [6.07, 6.45) is 3.63. The number of hydrogen-bond donors (Lipinski definition) is 1. The van der Waals surface area contributed by atoms with Crippen molar-refractivity contribution >= 4 is 11.6 Å². The molecule has 0 spiro atoms. The van der Waals surface area contributed by atoms with Gasteiger partial charge in [0.15, 0.2) is 0 Å². The molecule has 0 aromatic heterocycles. The van der Waals surface area contributed by atoms with Gasteiger partial charge in [0.2, 0.25) is 5.91 Å². The second-order valence-electron chi connectivity index (χ2n) is 8.31. The van der Waals surface area contributed by atoms with Gasteiger partial charge in [-0.25, -0.2) is 0 Å². The SMILES string of the molecule is Cc1cc(CC(N)=O)c2c(c1N1CCC(N3CCN(C)CC3)CC1)CCO2. The number of benzene rings is 1. The molecular weight excluding hydrogens is 340 g/mol. The van der Waals surface area contributed by atoms with Gasteiger partial charge in [0.25, 0.3) is 0 Å². The summed E-state index contributed by atoms with van der Waals surface area (Å²) in [5.74, 6) is 0.614. The molecule has 1 aromatic carbocycles. The Hall–Kier alpha value is -1.79. The van der Waals surface area contributed by atoms with Crippen LogP contribution in [0.3, 0.4) is 0 Å². The molecule has 27 heavy (non-hydrogen) atoms. The van der Waals surface area contributed by atoms with Crippen molar-refractivity contribution < 1.29 is 9.53 Å². The number of fused-ring (bicyclic) bond motifs is 1. The lowest BCUT2D eigenvalue weighted by Crippen LogP contribution is -2.52. The van der Waals surface area contributed by atoms with Crippen LogP contribution in [0.1, 0.15) is 29.5 Å². The lowest BCUT2D eigenvalue weighted by Gasteiger charge is -2.43. The number of ether oxygens (including phenoxy) is 1. The summed E-state index contributed by atoms with van der Waals surface area (Å²) in [4.78, 5) is 19.1. The first-order chi connectivity index (χ1) is 13.0. The molecule has 4 rings (SSSR count). The van der Waals surface area contributed by atoms with Crippen LogP contribution in [0.5, 0.6) is 5.75 Å². The Morgan fingerprint density at radius 3 is 2.56 bits per heavy atom. The summed E-state index contributed by atoms with van der Waals surface area (Å²) < 4.78 is 5.90. The number of primary amides is 1. The van der Waals surface area contributed by atoms with Crippen LogP contribution in [0, 0.1) is 6.92 Å². The Labute approximate surface area is 162 Å². The van der Waals surface area contributed by atoms with Crippen molar-refractivity contribution in [2.24, 2.45) is 5.73 Å². The number of rotatable bonds is 4. The molecular formula is C21H32N4O2. The number of hydrogen-bond acceptors (Lipinski definition) is 5. The van der Waals surface area contributed by atoms with Crippen LogP contribution in [0.25, 0.3) is 0 Å². The number of likely N-dealkylation sites (N-methyl/N-ethyl adjacent to an activating group) is 1. The van der Waals surface area contributed by atoms with Crippen molar-refractivity contribution in [3.8, 4) is 5.75 Å². The molecule has 0 aliphatic carbocycles. The van der Waals surface area contributed by atoms with Gasteiger partial charge in [-0.3, -0.25) is 9.69 Å². The number of carbonyl (C=O) groups is 1. The third-order valence-electron chi connectivity index (χ3n) is 6.41. The smallest absolute Gasteiger partial charge is 0.221 e. The number of amides is 1. The lowest BCUT2D eigenvalue weighted by atomic mass is 9.95. The minimum atomic E-state index is -0.298. The van der Waals surface area contributed by atoms with Crippen molar-refractivity contribution in [2.45, 2.75) is 38.6 Å². The lowest BCUT2D eigenvalue weighted by molar-refractivity contribution is -0.117. The van der Waals surface area contributed by atoms with Crippen molar-refractivity contribution in [3.63, 3.8) is 0 Å². The molecule has 6 nitrogen and oxygen atoms in total. The van der Waals surface area contributed by atoms with E-state index in [4.69, 9.17) is 10.5 Å². The molecule has 0 saturated carbocycles. The second-order valence-corrected chi connectivity index (χ2v) is 8.31. The van der Waals surface area contributed by atoms with E-state index < -0.39 is 0 Å². The monoisotopic (exact) mass is 372 g/mol. The quantitative estimate of drug-likeness (QED) is 0.860. The van der Waals surface area contributed by atoms with Crippen molar-refractivity contribution in [1.29, 1.82) is 0 Å². The van der Waals surface area contributed by atoms with E-state index in [1.165, 1.54) is 55.8 Å². The van der Waals surface area contributed by atoms with E-state index in [0.717, 1.165) is 30.8 Å². The number of carbonyl (C=O) groups excluding carboxylic acids is 1. The zero-order valence-electron chi connectivity index (χ0n) is 16.7. The fraction of sp³-hybridized carbons (Fsp3) is 0.667. The van der Waals surface area contributed by atoms with E-state index in [2.05, 4.69) is 34.7 Å². The number of nitrogens with two attached hydrogens (primary N) is 1. The topological polar surface area (TPSA) is 62.0 Å². The molecule has 3 aliphatic rings. The van der Waals surface area contributed by atoms with E-state index in [-0.39, 0.29) is 12.3 Å². The normalized spacial score (nSPS) is 21.9. The number of aryl methyl sites for hydroxylation is 1. The van der Waals surface area contributed by atoms with Crippen LogP contribution in [0.15, 0.2) is 6.07 Å². The first kappa shape index (κ1) is 18.6. The molecule has 1 aromatic rings. The summed E-state index contributed by atoms with van der Waals surface area (Å²) >= 11 is 0. The first-order valence-corrected chi connectivity index (χ1v) is 10.3. The molecule has 1 amide bonds. The van der Waals surface area contributed by atoms with E-state index >= 15 is 0 Å². The molecule has 0 unspecified atom stereocenters. The van der Waals surface area contributed by atoms with Crippen LogP contribution >= 0.6 is 0 Å². The van der Waals surface area contributed by atoms with Crippen LogP contribution in [0.2, 0.25) is 0 Å². The number of piperidine rings is 1. The molecule has 3 heterocycles. The fourth-order valence-electron chi connectivity index (χ4n) is 5.00. The Morgan fingerprint density at radius 1 is 1.19 bits per heavy atom. The second kappa shape index (κ2) is 7.68. The minimum Gasteiger partial charge on any atom is -0.493 e. The average molecular weight is 373 g/mol. The van der Waals surface area contributed by atoms with Gasteiger partial charge < -0.3 is 20.3 Å². The summed E-state index contributed by atoms with van der Waals surface area (Å²) in [5, 5.41) is 0. The zero-order chi connectivity index (χ0) is 19.0. The summed E-state index contributed by atoms with van der Waals surface area (Å²) in [5.41, 5.74) is 10.2. The van der Waals surface area contributed by atoms with Gasteiger partial charge in [-0.05, 0) is 38.4 Å². The number of anilines is 1. The molecule has 2 fully saturated rings. The van der Waals surface area contributed by atoms with Gasteiger partial charge in [-0.1, -0.05) is 0 Å². The highest BCUT2D eigenvalue weighted by atomic mass is 16.5. The van der Waals surface area contributed by atoms with Gasteiger partial charge in [-0.2, -0.15) is 0 Å². The van der Waals surface area contributed by atoms with E-state index in [1.807, 2.05) is 0 Å². The number of piperazine rings is 1. The zero-order valence-corrected chi connectivity index (χ0v) is 16.7. The third kappa shape index (κ3) is 3.78. The van der Waals surface area contributed by atoms with Crippen LogP contribution in [0.4, 0.5) is 5.69 Å². The van der Waals surface area contributed by atoms with Crippen LogP contribution in [-0.2, 0) is 17.6 Å². The van der Waals surface area contributed by atoms with Gasteiger partial charge >= 0.3 is 0 Å². The molecule has 148 valence electrons. The Bertz CT molecular complexity index is 705. The number of nitrogens with zero attached hydrogens (tertiary/aromatic N) is 3. The largest absolute Gasteiger partial charge is 0.493 e. The molecule has 0 atom stereocenters. The maximum Gasteiger partial charge on any atom is 0.221 e. The third-order valence-corrected chi connectivity index (χ3v) is 6.41. The van der Waals surface area contributed by atoms with Gasteiger partial charge in [0.1, 0.15) is 5.75 Å².